The lowest BCUT2D eigenvalue weighted by atomic mass is 10.0. The van der Waals surface area contributed by atoms with Crippen molar-refractivity contribution in [2.24, 2.45) is 5.73 Å². The third kappa shape index (κ3) is 4.92. The van der Waals surface area contributed by atoms with Gasteiger partial charge in [-0.15, -0.1) is 0 Å². The van der Waals surface area contributed by atoms with E-state index in [2.05, 4.69) is 5.32 Å². The number of hydrogen-bond acceptors (Lipinski definition) is 4. The minimum Gasteiger partial charge on any atom is -0.495 e. The fourth-order valence-electron chi connectivity index (χ4n) is 4.60. The number of nitrogens with two attached hydrogens (primary N) is 1. The summed E-state index contributed by atoms with van der Waals surface area (Å²) < 4.78 is 45.7. The fraction of sp³-hybridized carbons (Fsp3) is 0.391. The van der Waals surface area contributed by atoms with Crippen LogP contribution in [0.3, 0.4) is 0 Å². The van der Waals surface area contributed by atoms with Crippen molar-refractivity contribution in [1.29, 1.82) is 0 Å². The van der Waals surface area contributed by atoms with E-state index >= 15 is 0 Å². The zero-order valence-electron chi connectivity index (χ0n) is 18.4. The number of carbonyl (C=O) groups excluding carboxylic acids is 2. The number of anilines is 1. The molecule has 3 N–H and O–H groups in total. The third-order valence-corrected chi connectivity index (χ3v) is 6.47. The molecule has 2 aromatic rings. The summed E-state index contributed by atoms with van der Waals surface area (Å²) in [5, 5.41) is 3.26. The van der Waals surface area contributed by atoms with Crippen molar-refractivity contribution in [1.82, 2.24) is 9.80 Å². The number of methoxy groups -OCH3 is 1. The van der Waals surface area contributed by atoms with Crippen LogP contribution in [0.1, 0.15) is 18.4 Å². The second-order valence-corrected chi connectivity index (χ2v) is 8.98. The molecule has 4 rings (SSSR count). The van der Waals surface area contributed by atoms with E-state index in [4.69, 9.17) is 22.1 Å². The van der Waals surface area contributed by atoms with Crippen LogP contribution >= 0.6 is 11.6 Å². The molecule has 0 saturated carbocycles. The first-order valence-electron chi connectivity index (χ1n) is 10.8. The topological polar surface area (TPSA) is 87.9 Å². The Bertz CT molecular complexity index is 1120. The van der Waals surface area contributed by atoms with Crippen LogP contribution < -0.4 is 15.8 Å². The minimum atomic E-state index is -1.28. The van der Waals surface area contributed by atoms with Gasteiger partial charge in [-0.1, -0.05) is 11.6 Å². The average Bonchev–Trinajstić information content (AvgIpc) is 3.39. The summed E-state index contributed by atoms with van der Waals surface area (Å²) in [6.07, 6.45) is 0.457. The molecule has 2 aromatic carbocycles. The predicted octanol–water partition coefficient (Wildman–Crippen LogP) is 3.54. The molecule has 2 heterocycles. The van der Waals surface area contributed by atoms with Crippen LogP contribution in [0.2, 0.25) is 5.02 Å². The predicted molar refractivity (Wildman–Crippen MR) is 120 cm³/mol. The molecule has 2 saturated heterocycles. The van der Waals surface area contributed by atoms with Gasteiger partial charge in [0.05, 0.1) is 24.9 Å². The SMILES string of the molecule is COc1ccc(Cl)cc1NC(=O)N1C[C@@H]2C[C@@H]1CN2C(=O)C[C@H](N)Cc1cc(F)c(F)cc1F. The van der Waals surface area contributed by atoms with Gasteiger partial charge >= 0.3 is 6.03 Å². The Morgan fingerprint density at radius 1 is 1.12 bits per heavy atom. The Balaban J connectivity index is 1.32. The molecular weight excluding hydrogens is 473 g/mol. The number of urea groups is 1. The first-order valence-corrected chi connectivity index (χ1v) is 11.1. The van der Waals surface area contributed by atoms with Gasteiger partial charge in [0.1, 0.15) is 11.6 Å². The van der Waals surface area contributed by atoms with E-state index in [1.165, 1.54) is 7.11 Å². The maximum atomic E-state index is 13.9. The van der Waals surface area contributed by atoms with Crippen LogP contribution in [0.25, 0.3) is 0 Å². The summed E-state index contributed by atoms with van der Waals surface area (Å²) in [6, 6.07) is 4.75. The zero-order chi connectivity index (χ0) is 24.6. The number of rotatable bonds is 6. The maximum absolute atomic E-state index is 13.9. The Morgan fingerprint density at radius 3 is 2.47 bits per heavy atom. The number of benzene rings is 2. The van der Waals surface area contributed by atoms with Gasteiger partial charge in [0.15, 0.2) is 11.6 Å². The highest BCUT2D eigenvalue weighted by molar-refractivity contribution is 6.31. The summed E-state index contributed by atoms with van der Waals surface area (Å²) in [6.45, 7) is 0.716. The van der Waals surface area contributed by atoms with Crippen LogP contribution in [0.5, 0.6) is 5.75 Å². The Morgan fingerprint density at radius 2 is 1.79 bits per heavy atom. The van der Waals surface area contributed by atoms with Gasteiger partial charge < -0.3 is 25.6 Å². The normalized spacial score (nSPS) is 19.9. The number of likely N-dealkylation sites (tertiary alicyclic amines) is 2. The average molecular weight is 497 g/mol. The van der Waals surface area contributed by atoms with Crippen LogP contribution in [0.4, 0.5) is 23.7 Å². The molecule has 2 bridgehead atoms. The van der Waals surface area contributed by atoms with Crippen molar-refractivity contribution in [2.75, 3.05) is 25.5 Å². The lowest BCUT2D eigenvalue weighted by Gasteiger charge is -2.34. The summed E-state index contributed by atoms with van der Waals surface area (Å²) in [5.74, 6) is -3.09. The molecule has 0 aromatic heterocycles. The van der Waals surface area contributed by atoms with Gasteiger partial charge in [0, 0.05) is 36.6 Å². The van der Waals surface area contributed by atoms with E-state index in [0.29, 0.717) is 42.0 Å². The van der Waals surface area contributed by atoms with Crippen LogP contribution in [0, 0.1) is 17.5 Å². The molecular formula is C23H24ClF3N4O3. The van der Waals surface area contributed by atoms with Crippen LogP contribution in [-0.2, 0) is 11.2 Å². The van der Waals surface area contributed by atoms with Gasteiger partial charge in [-0.05, 0) is 42.7 Å². The molecule has 3 amide bonds. The van der Waals surface area contributed by atoms with Crippen LogP contribution in [-0.4, -0.2) is 60.1 Å². The summed E-state index contributed by atoms with van der Waals surface area (Å²) in [7, 11) is 1.49. The molecule has 34 heavy (non-hydrogen) atoms. The minimum absolute atomic E-state index is 0.0758. The van der Waals surface area contributed by atoms with Gasteiger partial charge in [-0.3, -0.25) is 4.79 Å². The summed E-state index contributed by atoms with van der Waals surface area (Å²) in [5.41, 5.74) is 6.37. The molecule has 0 unspecified atom stereocenters. The van der Waals surface area contributed by atoms with Crippen molar-refractivity contribution in [3.05, 3.63) is 58.4 Å². The van der Waals surface area contributed by atoms with E-state index < -0.39 is 23.5 Å². The third-order valence-electron chi connectivity index (χ3n) is 6.23. The van der Waals surface area contributed by atoms with Crippen LogP contribution in [0.15, 0.2) is 30.3 Å². The Kier molecular flexibility index (Phi) is 6.90. The molecule has 0 aliphatic carbocycles. The number of amides is 3. The molecule has 11 heteroatoms. The fourth-order valence-corrected chi connectivity index (χ4v) is 4.77. The Hall–Kier alpha value is -2.98. The highest BCUT2D eigenvalue weighted by atomic mass is 35.5. The molecule has 2 aliphatic heterocycles. The van der Waals surface area contributed by atoms with Gasteiger partial charge in [0.25, 0.3) is 0 Å². The van der Waals surface area contributed by atoms with E-state index in [9.17, 15) is 22.8 Å². The molecule has 2 aliphatic rings. The van der Waals surface area contributed by atoms with Crippen molar-refractivity contribution in [3.63, 3.8) is 0 Å². The quantitative estimate of drug-likeness (QED) is 0.599. The van der Waals surface area contributed by atoms with Crippen molar-refractivity contribution in [2.45, 2.75) is 37.4 Å². The monoisotopic (exact) mass is 496 g/mol. The number of ether oxygens (including phenoxy) is 1. The lowest BCUT2D eigenvalue weighted by molar-refractivity contribution is -0.133. The van der Waals surface area contributed by atoms with E-state index in [1.807, 2.05) is 0 Å². The van der Waals surface area contributed by atoms with Crippen molar-refractivity contribution < 1.29 is 27.5 Å². The zero-order valence-corrected chi connectivity index (χ0v) is 19.1. The molecule has 182 valence electrons. The van der Waals surface area contributed by atoms with Crippen molar-refractivity contribution >= 4 is 29.2 Å². The Labute approximate surface area is 199 Å². The van der Waals surface area contributed by atoms with Gasteiger partial charge in [0.2, 0.25) is 5.91 Å². The molecule has 7 nitrogen and oxygen atoms in total. The highest BCUT2D eigenvalue weighted by Crippen LogP contribution is 2.33. The summed E-state index contributed by atoms with van der Waals surface area (Å²) >= 11 is 6.02. The number of halogens is 4. The number of nitrogens with one attached hydrogen (secondary N) is 1. The molecule has 3 atom stereocenters. The molecule has 0 radical (unpaired) electrons. The second kappa shape index (κ2) is 9.71. The lowest BCUT2D eigenvalue weighted by Crippen LogP contribution is -2.52. The molecule has 0 spiro atoms. The first kappa shape index (κ1) is 24.2. The number of hydrogen-bond donors (Lipinski definition) is 2. The first-order chi connectivity index (χ1) is 16.2. The van der Waals surface area contributed by atoms with E-state index in [-0.39, 0.29) is 42.4 Å². The highest BCUT2D eigenvalue weighted by Gasteiger charge is 2.47. The van der Waals surface area contributed by atoms with E-state index in [0.717, 1.165) is 6.07 Å². The maximum Gasteiger partial charge on any atom is 0.322 e. The van der Waals surface area contributed by atoms with Crippen molar-refractivity contribution in [3.8, 4) is 5.75 Å². The standard InChI is InChI=1S/C23H24ClF3N4O3/c1-34-21-3-2-13(24)6-20(21)29-23(33)31-11-15-8-16(31)10-30(15)22(32)7-14(28)4-12-5-18(26)19(27)9-17(12)25/h2-3,5-6,9,14-16H,4,7-8,10-11,28H2,1H3,(H,29,33)/t14-,15+,16-/m1/s1. The smallest absolute Gasteiger partial charge is 0.322 e. The number of piperazine rings is 1. The number of fused-ring (bicyclic) bond motifs is 2. The molecule has 2 fully saturated rings. The van der Waals surface area contributed by atoms with Gasteiger partial charge in [-0.25, -0.2) is 18.0 Å². The largest absolute Gasteiger partial charge is 0.495 e. The second-order valence-electron chi connectivity index (χ2n) is 8.54. The summed E-state index contributed by atoms with van der Waals surface area (Å²) in [4.78, 5) is 29.0. The number of carbonyl (C=O) groups is 2. The van der Waals surface area contributed by atoms with E-state index in [1.54, 1.807) is 28.0 Å². The number of nitrogens with zero attached hydrogens (tertiary/aromatic N) is 2. The van der Waals surface area contributed by atoms with Gasteiger partial charge in [-0.2, -0.15) is 0 Å².